The van der Waals surface area contributed by atoms with Gasteiger partial charge >= 0.3 is 0 Å². The zero-order valence-corrected chi connectivity index (χ0v) is 10.6. The molecule has 0 radical (unpaired) electrons. The molecular weight excluding hydrogens is 180 g/mol. The summed E-state index contributed by atoms with van der Waals surface area (Å²) in [5.41, 5.74) is 0.339. The lowest BCUT2D eigenvalue weighted by Crippen LogP contribution is -2.24. The first kappa shape index (κ1) is 12.4. The smallest absolute Gasteiger partial charge is 0.0267 e. The topological polar surface area (TPSA) is 0 Å². The monoisotopic (exact) mass is 204 g/mol. The third kappa shape index (κ3) is 4.12. The van der Waals surface area contributed by atoms with Gasteiger partial charge in [-0.3, -0.25) is 0 Å². The fraction of sp³-hybridized carbons (Fsp3) is 0.733. The Morgan fingerprint density at radius 2 is 2.00 bits per heavy atom. The normalized spacial score (nSPS) is 20.0. The van der Waals surface area contributed by atoms with Crippen LogP contribution in [0.5, 0.6) is 0 Å². The van der Waals surface area contributed by atoms with Gasteiger partial charge in [0.25, 0.3) is 0 Å². The largest absolute Gasteiger partial charge is 0.103 e. The SMILES string of the molecule is C=CC[C@@H](C#CC1CC1)[C@H](C)C(C)(C)C. The first-order valence-corrected chi connectivity index (χ1v) is 6.07. The highest BCUT2D eigenvalue weighted by atomic mass is 14.3. The summed E-state index contributed by atoms with van der Waals surface area (Å²) in [7, 11) is 0. The second kappa shape index (κ2) is 4.88. The summed E-state index contributed by atoms with van der Waals surface area (Å²) >= 11 is 0. The highest BCUT2D eigenvalue weighted by Crippen LogP contribution is 2.34. The molecule has 2 atom stereocenters. The van der Waals surface area contributed by atoms with Gasteiger partial charge in [0.1, 0.15) is 0 Å². The van der Waals surface area contributed by atoms with Crippen molar-refractivity contribution in [2.45, 2.75) is 47.0 Å². The Morgan fingerprint density at radius 1 is 1.40 bits per heavy atom. The summed E-state index contributed by atoms with van der Waals surface area (Å²) in [5.74, 6) is 8.69. The maximum absolute atomic E-state index is 3.84. The summed E-state index contributed by atoms with van der Waals surface area (Å²) in [5, 5.41) is 0. The minimum absolute atomic E-state index is 0.339. The van der Waals surface area contributed by atoms with Crippen LogP contribution < -0.4 is 0 Å². The molecule has 0 saturated heterocycles. The fourth-order valence-corrected chi connectivity index (χ4v) is 1.62. The zero-order valence-electron chi connectivity index (χ0n) is 10.6. The van der Waals surface area contributed by atoms with E-state index in [4.69, 9.17) is 0 Å². The van der Waals surface area contributed by atoms with E-state index >= 15 is 0 Å². The summed E-state index contributed by atoms with van der Waals surface area (Å²) in [6.45, 7) is 13.0. The second-order valence-electron chi connectivity index (χ2n) is 5.85. The van der Waals surface area contributed by atoms with Crippen LogP contribution in [0.2, 0.25) is 0 Å². The van der Waals surface area contributed by atoms with Gasteiger partial charge in [0.15, 0.2) is 0 Å². The molecule has 0 aromatic heterocycles. The van der Waals surface area contributed by atoms with E-state index in [2.05, 4.69) is 46.1 Å². The first-order valence-electron chi connectivity index (χ1n) is 6.07. The maximum Gasteiger partial charge on any atom is 0.0267 e. The van der Waals surface area contributed by atoms with Crippen molar-refractivity contribution in [1.82, 2.24) is 0 Å². The third-order valence-electron chi connectivity index (χ3n) is 3.44. The molecule has 0 spiro atoms. The van der Waals surface area contributed by atoms with Gasteiger partial charge in [-0.25, -0.2) is 0 Å². The molecule has 0 amide bonds. The van der Waals surface area contributed by atoms with Crippen molar-refractivity contribution in [3.8, 4) is 11.8 Å². The fourth-order valence-electron chi connectivity index (χ4n) is 1.62. The Bertz CT molecular complexity index is 265. The zero-order chi connectivity index (χ0) is 11.5. The molecule has 1 saturated carbocycles. The van der Waals surface area contributed by atoms with E-state index in [0.29, 0.717) is 23.2 Å². The molecule has 0 aromatic carbocycles. The summed E-state index contributed by atoms with van der Waals surface area (Å²) < 4.78 is 0. The van der Waals surface area contributed by atoms with Crippen molar-refractivity contribution < 1.29 is 0 Å². The number of hydrogen-bond acceptors (Lipinski definition) is 0. The van der Waals surface area contributed by atoms with Crippen molar-refractivity contribution in [3.63, 3.8) is 0 Å². The van der Waals surface area contributed by atoms with Crippen molar-refractivity contribution in [2.24, 2.45) is 23.2 Å². The van der Waals surface area contributed by atoms with Gasteiger partial charge in [-0.1, -0.05) is 45.6 Å². The molecule has 0 aliphatic heterocycles. The Kier molecular flexibility index (Phi) is 4.03. The standard InChI is InChI=1S/C15H24/c1-6-7-14(11-10-13-8-9-13)12(2)15(3,4)5/h6,12-14H,1,7-9H2,2-5H3/t12-,14-/m0/s1. The Hall–Kier alpha value is -0.700. The molecule has 0 heteroatoms. The predicted molar refractivity (Wildman–Crippen MR) is 67.4 cm³/mol. The van der Waals surface area contributed by atoms with Gasteiger partial charge < -0.3 is 0 Å². The third-order valence-corrected chi connectivity index (χ3v) is 3.44. The molecule has 1 fully saturated rings. The molecule has 0 aromatic rings. The first-order chi connectivity index (χ1) is 6.95. The average molecular weight is 204 g/mol. The average Bonchev–Trinajstić information content (AvgIpc) is 2.93. The molecule has 0 N–H and O–H groups in total. The van der Waals surface area contributed by atoms with Crippen LogP contribution in [0, 0.1) is 35.0 Å². The van der Waals surface area contributed by atoms with Gasteiger partial charge in [0, 0.05) is 11.8 Å². The molecule has 1 aliphatic rings. The van der Waals surface area contributed by atoms with Crippen molar-refractivity contribution in [2.75, 3.05) is 0 Å². The van der Waals surface area contributed by atoms with Crippen molar-refractivity contribution in [3.05, 3.63) is 12.7 Å². The van der Waals surface area contributed by atoms with Gasteiger partial charge in [0.05, 0.1) is 0 Å². The maximum atomic E-state index is 3.84. The number of hydrogen-bond donors (Lipinski definition) is 0. The van der Waals surface area contributed by atoms with Gasteiger partial charge in [-0.2, -0.15) is 0 Å². The van der Waals surface area contributed by atoms with Crippen molar-refractivity contribution in [1.29, 1.82) is 0 Å². The van der Waals surface area contributed by atoms with Gasteiger partial charge in [0.2, 0.25) is 0 Å². The van der Waals surface area contributed by atoms with Crippen LogP contribution in [-0.4, -0.2) is 0 Å². The summed E-state index contributed by atoms with van der Waals surface area (Å²) in [6, 6.07) is 0. The van der Waals surface area contributed by atoms with E-state index < -0.39 is 0 Å². The highest BCUT2D eigenvalue weighted by molar-refractivity contribution is 5.13. The lowest BCUT2D eigenvalue weighted by atomic mass is 9.73. The van der Waals surface area contributed by atoms with Crippen molar-refractivity contribution >= 4 is 0 Å². The molecule has 0 nitrogen and oxygen atoms in total. The van der Waals surface area contributed by atoms with Crippen LogP contribution in [-0.2, 0) is 0 Å². The summed E-state index contributed by atoms with van der Waals surface area (Å²) in [6.07, 6.45) is 5.67. The van der Waals surface area contributed by atoms with Crippen LogP contribution in [0.1, 0.15) is 47.0 Å². The predicted octanol–water partition coefficient (Wildman–Crippen LogP) is 4.27. The van der Waals surface area contributed by atoms with E-state index in [1.165, 1.54) is 12.8 Å². The summed E-state index contributed by atoms with van der Waals surface area (Å²) in [4.78, 5) is 0. The minimum Gasteiger partial charge on any atom is -0.103 e. The molecule has 0 heterocycles. The quantitative estimate of drug-likeness (QED) is 0.475. The van der Waals surface area contributed by atoms with E-state index in [1.807, 2.05) is 6.08 Å². The lowest BCUT2D eigenvalue weighted by molar-refractivity contribution is 0.211. The van der Waals surface area contributed by atoms with E-state index in [-0.39, 0.29) is 0 Å². The molecule has 1 aliphatic carbocycles. The van der Waals surface area contributed by atoms with E-state index in [0.717, 1.165) is 6.42 Å². The van der Waals surface area contributed by atoms with Gasteiger partial charge in [-0.05, 0) is 30.6 Å². The van der Waals surface area contributed by atoms with Crippen LogP contribution in [0.3, 0.4) is 0 Å². The molecular formula is C15H24. The van der Waals surface area contributed by atoms with Crippen LogP contribution >= 0.6 is 0 Å². The van der Waals surface area contributed by atoms with E-state index in [1.54, 1.807) is 0 Å². The minimum atomic E-state index is 0.339. The molecule has 0 bridgehead atoms. The second-order valence-corrected chi connectivity index (χ2v) is 5.85. The molecule has 1 rings (SSSR count). The molecule has 0 unspecified atom stereocenters. The van der Waals surface area contributed by atoms with Gasteiger partial charge in [-0.15, -0.1) is 6.58 Å². The number of allylic oxidation sites excluding steroid dienone is 1. The van der Waals surface area contributed by atoms with E-state index in [9.17, 15) is 0 Å². The lowest BCUT2D eigenvalue weighted by Gasteiger charge is -2.31. The Labute approximate surface area is 95.2 Å². The van der Waals surface area contributed by atoms with Crippen LogP contribution in [0.4, 0.5) is 0 Å². The highest BCUT2D eigenvalue weighted by Gasteiger charge is 2.27. The molecule has 15 heavy (non-hydrogen) atoms. The van der Waals surface area contributed by atoms with Crippen LogP contribution in [0.15, 0.2) is 12.7 Å². The Balaban J connectivity index is 2.64. The number of rotatable bonds is 3. The molecule has 84 valence electrons. The van der Waals surface area contributed by atoms with Crippen LogP contribution in [0.25, 0.3) is 0 Å². The Morgan fingerprint density at radius 3 is 2.40 bits per heavy atom.